The van der Waals surface area contributed by atoms with Crippen molar-refractivity contribution in [1.82, 2.24) is 4.98 Å². The molecule has 1 aromatic heterocycles. The first-order valence-corrected chi connectivity index (χ1v) is 3.91. The molecule has 0 unspecified atom stereocenters. The van der Waals surface area contributed by atoms with Gasteiger partial charge < -0.3 is 0 Å². The highest BCUT2D eigenvalue weighted by Gasteiger charge is 2.10. The minimum Gasteiger partial charge on any atom is -0.278 e. The number of carbonyl (C=O) groups is 1. The number of carbonyl (C=O) groups excluding carboxylic acids is 1. The van der Waals surface area contributed by atoms with E-state index in [1.807, 2.05) is 6.92 Å². The van der Waals surface area contributed by atoms with Crippen molar-refractivity contribution in [3.63, 3.8) is 0 Å². The molecule has 1 heterocycles. The largest absolute Gasteiger partial charge is 0.278 e. The number of Topliss-reactive ketones (excluding diaryl/α,β-unsaturated/α-hetero) is 1. The first kappa shape index (κ1) is 7.96. The maximum atomic E-state index is 11.0. The maximum absolute atomic E-state index is 11.0. The lowest BCUT2D eigenvalue weighted by Crippen LogP contribution is -1.92. The van der Waals surface area contributed by atoms with Gasteiger partial charge in [-0.05, 0) is 19.8 Å². The molecular weight excluding hydrogens is 158 g/mol. The molecular formula is C8H7NOS. The Labute approximate surface area is 69.3 Å². The van der Waals surface area contributed by atoms with Crippen LogP contribution in [0, 0.1) is 26.2 Å². The third kappa shape index (κ3) is 1.47. The summed E-state index contributed by atoms with van der Waals surface area (Å²) in [5.74, 6) is 1.80. The second-order valence-electron chi connectivity index (χ2n) is 2.12. The van der Waals surface area contributed by atoms with E-state index in [1.165, 1.54) is 11.3 Å². The molecule has 11 heavy (non-hydrogen) atoms. The monoisotopic (exact) mass is 165 g/mol. The molecule has 0 aliphatic carbocycles. The van der Waals surface area contributed by atoms with Crippen LogP contribution in [0.5, 0.6) is 0 Å². The van der Waals surface area contributed by atoms with Crippen LogP contribution in [-0.4, -0.2) is 10.8 Å². The normalized spacial score (nSPS) is 9.18. The molecule has 0 fully saturated rings. The van der Waals surface area contributed by atoms with E-state index in [-0.39, 0.29) is 5.78 Å². The Morgan fingerprint density at radius 1 is 1.64 bits per heavy atom. The van der Waals surface area contributed by atoms with Crippen molar-refractivity contribution in [2.75, 3.05) is 0 Å². The van der Waals surface area contributed by atoms with Gasteiger partial charge in [-0.25, -0.2) is 4.98 Å². The van der Waals surface area contributed by atoms with Crippen LogP contribution in [0.3, 0.4) is 0 Å². The standard InChI is InChI=1S/C8H7NOS/c1-4-7(10)8-5(2)9-6(3)11-8/h1H,2-3H3. The predicted octanol–water partition coefficient (Wildman–Crippen LogP) is 1.58. The summed E-state index contributed by atoms with van der Waals surface area (Å²) in [4.78, 5) is 15.7. The fraction of sp³-hybridized carbons (Fsp3) is 0.250. The zero-order chi connectivity index (χ0) is 8.43. The average molecular weight is 165 g/mol. The molecule has 0 bridgehead atoms. The molecule has 0 atom stereocenters. The van der Waals surface area contributed by atoms with E-state index in [1.54, 1.807) is 6.92 Å². The lowest BCUT2D eigenvalue weighted by Gasteiger charge is -1.85. The summed E-state index contributed by atoms with van der Waals surface area (Å²) in [6, 6.07) is 0. The molecule has 0 saturated heterocycles. The fourth-order valence-electron chi connectivity index (χ4n) is 0.808. The van der Waals surface area contributed by atoms with Crippen LogP contribution in [0.15, 0.2) is 0 Å². The molecule has 2 nitrogen and oxygen atoms in total. The van der Waals surface area contributed by atoms with Crippen molar-refractivity contribution in [2.45, 2.75) is 13.8 Å². The number of aryl methyl sites for hydroxylation is 2. The molecule has 56 valence electrons. The number of hydrogen-bond donors (Lipinski definition) is 0. The number of terminal acetylenes is 1. The minimum atomic E-state index is -0.270. The van der Waals surface area contributed by atoms with Crippen molar-refractivity contribution in [2.24, 2.45) is 0 Å². The molecule has 0 aliphatic heterocycles. The maximum Gasteiger partial charge on any atom is 0.247 e. The highest BCUT2D eigenvalue weighted by Crippen LogP contribution is 2.16. The Kier molecular flexibility index (Phi) is 2.06. The van der Waals surface area contributed by atoms with E-state index in [0.717, 1.165) is 10.7 Å². The van der Waals surface area contributed by atoms with Gasteiger partial charge >= 0.3 is 0 Å². The van der Waals surface area contributed by atoms with Crippen LogP contribution >= 0.6 is 11.3 Å². The lowest BCUT2D eigenvalue weighted by molar-refractivity contribution is 0.105. The molecule has 0 aliphatic rings. The molecule has 3 heteroatoms. The van der Waals surface area contributed by atoms with Gasteiger partial charge in [0.2, 0.25) is 5.78 Å². The minimum absolute atomic E-state index is 0.270. The number of aromatic nitrogens is 1. The van der Waals surface area contributed by atoms with Gasteiger partial charge in [-0.2, -0.15) is 0 Å². The molecule has 0 spiro atoms. The van der Waals surface area contributed by atoms with Crippen LogP contribution in [-0.2, 0) is 0 Å². The van der Waals surface area contributed by atoms with Gasteiger partial charge in [0.1, 0.15) is 4.88 Å². The lowest BCUT2D eigenvalue weighted by atomic mass is 10.3. The van der Waals surface area contributed by atoms with E-state index in [9.17, 15) is 4.79 Å². The van der Waals surface area contributed by atoms with Gasteiger partial charge in [-0.15, -0.1) is 17.8 Å². The van der Waals surface area contributed by atoms with E-state index < -0.39 is 0 Å². The van der Waals surface area contributed by atoms with Gasteiger partial charge in [0.05, 0.1) is 10.7 Å². The predicted molar refractivity (Wildman–Crippen MR) is 44.8 cm³/mol. The van der Waals surface area contributed by atoms with E-state index >= 15 is 0 Å². The van der Waals surface area contributed by atoms with Crippen molar-refractivity contribution >= 4 is 17.1 Å². The van der Waals surface area contributed by atoms with Gasteiger partial charge in [-0.1, -0.05) is 0 Å². The fourth-order valence-corrected chi connectivity index (χ4v) is 1.63. The number of rotatable bonds is 1. The first-order valence-electron chi connectivity index (χ1n) is 3.10. The third-order valence-electron chi connectivity index (χ3n) is 1.24. The number of thiazole rings is 1. The summed E-state index contributed by atoms with van der Waals surface area (Å²) < 4.78 is 0. The number of hydrogen-bond acceptors (Lipinski definition) is 3. The van der Waals surface area contributed by atoms with Gasteiger partial charge in [0.15, 0.2) is 0 Å². The number of ketones is 1. The summed E-state index contributed by atoms with van der Waals surface area (Å²) in [5.41, 5.74) is 0.732. The van der Waals surface area contributed by atoms with Gasteiger partial charge in [-0.3, -0.25) is 4.79 Å². The first-order chi connectivity index (χ1) is 5.15. The Morgan fingerprint density at radius 2 is 2.27 bits per heavy atom. The molecule has 0 aromatic carbocycles. The quantitative estimate of drug-likeness (QED) is 0.359. The zero-order valence-corrected chi connectivity index (χ0v) is 7.16. The number of nitrogens with zero attached hydrogens (tertiary/aromatic N) is 1. The second kappa shape index (κ2) is 2.85. The smallest absolute Gasteiger partial charge is 0.247 e. The average Bonchev–Trinajstić information content (AvgIpc) is 2.28. The summed E-state index contributed by atoms with van der Waals surface area (Å²) in [7, 11) is 0. The highest BCUT2D eigenvalue weighted by molar-refractivity contribution is 7.14. The topological polar surface area (TPSA) is 30.0 Å². The molecule has 1 rings (SSSR count). The summed E-state index contributed by atoms with van der Waals surface area (Å²) in [6.07, 6.45) is 4.96. The molecule has 0 radical (unpaired) electrons. The van der Waals surface area contributed by atoms with Gasteiger partial charge in [0, 0.05) is 0 Å². The van der Waals surface area contributed by atoms with Crippen LogP contribution in [0.2, 0.25) is 0 Å². The molecule has 0 saturated carbocycles. The molecule has 1 aromatic rings. The van der Waals surface area contributed by atoms with E-state index in [2.05, 4.69) is 10.9 Å². The van der Waals surface area contributed by atoms with Crippen LogP contribution in [0.4, 0.5) is 0 Å². The second-order valence-corrected chi connectivity index (χ2v) is 3.32. The van der Waals surface area contributed by atoms with E-state index in [4.69, 9.17) is 6.42 Å². The SMILES string of the molecule is C#CC(=O)c1sc(C)nc1C. The van der Waals surface area contributed by atoms with Crippen molar-refractivity contribution in [3.05, 3.63) is 15.6 Å². The van der Waals surface area contributed by atoms with Crippen molar-refractivity contribution in [1.29, 1.82) is 0 Å². The van der Waals surface area contributed by atoms with Crippen LogP contribution in [0.1, 0.15) is 20.4 Å². The molecule has 0 N–H and O–H groups in total. The molecule has 0 amide bonds. The van der Waals surface area contributed by atoms with E-state index in [0.29, 0.717) is 4.88 Å². The Morgan fingerprint density at radius 3 is 2.64 bits per heavy atom. The van der Waals surface area contributed by atoms with Crippen molar-refractivity contribution < 1.29 is 4.79 Å². The summed E-state index contributed by atoms with van der Waals surface area (Å²) in [5, 5.41) is 0.876. The summed E-state index contributed by atoms with van der Waals surface area (Å²) >= 11 is 1.34. The highest BCUT2D eigenvalue weighted by atomic mass is 32.1. The van der Waals surface area contributed by atoms with Crippen molar-refractivity contribution in [3.8, 4) is 12.3 Å². The Hall–Kier alpha value is -1.14. The van der Waals surface area contributed by atoms with Gasteiger partial charge in [0.25, 0.3) is 0 Å². The van der Waals surface area contributed by atoms with Crippen LogP contribution < -0.4 is 0 Å². The third-order valence-corrected chi connectivity index (χ3v) is 2.31. The van der Waals surface area contributed by atoms with Crippen LogP contribution in [0.25, 0.3) is 0 Å². The Bertz CT molecular complexity index is 332. The summed E-state index contributed by atoms with van der Waals surface area (Å²) in [6.45, 7) is 3.64. The Balaban J connectivity index is 3.15. The zero-order valence-electron chi connectivity index (χ0n) is 6.34.